The van der Waals surface area contributed by atoms with E-state index < -0.39 is 0 Å². The lowest BCUT2D eigenvalue weighted by molar-refractivity contribution is 0.810. The molecule has 0 saturated heterocycles. The Balaban J connectivity index is 2.67. The molecule has 2 heteroatoms. The molecule has 1 aromatic carbocycles. The summed E-state index contributed by atoms with van der Waals surface area (Å²) < 4.78 is 0. The standard InChI is InChI=1S/C14H22N2/c1-5-16(11-13(3)10-15-4)14-8-6-12(2)7-9-14/h6-9,15H,3,5,10-11H2,1-2,4H3. The number of nitrogens with zero attached hydrogens (tertiary/aromatic N) is 1. The molecule has 0 saturated carbocycles. The zero-order valence-electron chi connectivity index (χ0n) is 10.6. The van der Waals surface area contributed by atoms with Crippen molar-refractivity contribution in [3.05, 3.63) is 42.0 Å². The average Bonchev–Trinajstić information content (AvgIpc) is 2.27. The van der Waals surface area contributed by atoms with E-state index in [2.05, 4.69) is 54.9 Å². The van der Waals surface area contributed by atoms with Crippen molar-refractivity contribution in [1.29, 1.82) is 0 Å². The van der Waals surface area contributed by atoms with Gasteiger partial charge in [-0.25, -0.2) is 0 Å². The molecule has 2 nitrogen and oxygen atoms in total. The van der Waals surface area contributed by atoms with E-state index in [4.69, 9.17) is 0 Å². The Hall–Kier alpha value is -1.28. The normalized spacial score (nSPS) is 10.2. The lowest BCUT2D eigenvalue weighted by Crippen LogP contribution is -2.27. The molecule has 0 aliphatic carbocycles. The van der Waals surface area contributed by atoms with Gasteiger partial charge in [0.05, 0.1) is 0 Å². The third-order valence-corrected chi connectivity index (χ3v) is 2.62. The highest BCUT2D eigenvalue weighted by Gasteiger charge is 2.05. The molecule has 88 valence electrons. The summed E-state index contributed by atoms with van der Waals surface area (Å²) in [4.78, 5) is 2.33. The maximum absolute atomic E-state index is 4.07. The molecule has 0 aliphatic rings. The molecule has 0 fully saturated rings. The van der Waals surface area contributed by atoms with Crippen molar-refractivity contribution < 1.29 is 0 Å². The van der Waals surface area contributed by atoms with E-state index >= 15 is 0 Å². The highest BCUT2D eigenvalue weighted by Crippen LogP contribution is 2.15. The summed E-state index contributed by atoms with van der Waals surface area (Å²) in [7, 11) is 1.95. The minimum absolute atomic E-state index is 0.877. The lowest BCUT2D eigenvalue weighted by atomic mass is 10.2. The molecule has 0 amide bonds. The molecular formula is C14H22N2. The number of benzene rings is 1. The Morgan fingerprint density at radius 2 is 1.94 bits per heavy atom. The van der Waals surface area contributed by atoms with Crippen LogP contribution in [0.4, 0.5) is 5.69 Å². The maximum Gasteiger partial charge on any atom is 0.0398 e. The second kappa shape index (κ2) is 6.33. The predicted molar refractivity (Wildman–Crippen MR) is 72.1 cm³/mol. The zero-order chi connectivity index (χ0) is 12.0. The van der Waals surface area contributed by atoms with E-state index in [9.17, 15) is 0 Å². The first-order valence-electron chi connectivity index (χ1n) is 5.80. The van der Waals surface area contributed by atoms with Crippen molar-refractivity contribution in [2.45, 2.75) is 13.8 Å². The summed E-state index contributed by atoms with van der Waals surface area (Å²) in [5.74, 6) is 0. The Morgan fingerprint density at radius 3 is 2.44 bits per heavy atom. The molecule has 0 heterocycles. The topological polar surface area (TPSA) is 15.3 Å². The van der Waals surface area contributed by atoms with Gasteiger partial charge < -0.3 is 10.2 Å². The number of aryl methyl sites for hydroxylation is 1. The second-order valence-electron chi connectivity index (χ2n) is 4.13. The lowest BCUT2D eigenvalue weighted by Gasteiger charge is -2.24. The van der Waals surface area contributed by atoms with Crippen LogP contribution in [0.2, 0.25) is 0 Å². The minimum atomic E-state index is 0.877. The van der Waals surface area contributed by atoms with Crippen molar-refractivity contribution in [3.8, 4) is 0 Å². The van der Waals surface area contributed by atoms with Crippen LogP contribution in [-0.4, -0.2) is 26.7 Å². The SMILES string of the molecule is C=C(CNC)CN(CC)c1ccc(C)cc1. The second-order valence-corrected chi connectivity index (χ2v) is 4.13. The molecule has 0 aliphatic heterocycles. The van der Waals surface area contributed by atoms with Crippen molar-refractivity contribution in [1.82, 2.24) is 5.32 Å². The minimum Gasteiger partial charge on any atom is -0.368 e. The van der Waals surface area contributed by atoms with Crippen LogP contribution in [0.15, 0.2) is 36.4 Å². The number of rotatable bonds is 6. The van der Waals surface area contributed by atoms with E-state index in [1.54, 1.807) is 0 Å². The maximum atomic E-state index is 4.07. The predicted octanol–water partition coefficient (Wildman–Crippen LogP) is 2.60. The molecule has 0 unspecified atom stereocenters. The summed E-state index contributed by atoms with van der Waals surface area (Å²) in [6.45, 7) is 11.2. The number of hydrogen-bond acceptors (Lipinski definition) is 2. The van der Waals surface area contributed by atoms with Crippen LogP contribution < -0.4 is 10.2 Å². The van der Waals surface area contributed by atoms with Gasteiger partial charge in [0.1, 0.15) is 0 Å². The number of anilines is 1. The van der Waals surface area contributed by atoms with Crippen LogP contribution in [0.25, 0.3) is 0 Å². The monoisotopic (exact) mass is 218 g/mol. The van der Waals surface area contributed by atoms with Crippen LogP contribution in [0, 0.1) is 6.92 Å². The number of hydrogen-bond donors (Lipinski definition) is 1. The van der Waals surface area contributed by atoms with Crippen molar-refractivity contribution >= 4 is 5.69 Å². The first kappa shape index (κ1) is 12.8. The molecule has 1 aromatic rings. The van der Waals surface area contributed by atoms with E-state index in [0.717, 1.165) is 19.6 Å². The molecular weight excluding hydrogens is 196 g/mol. The van der Waals surface area contributed by atoms with E-state index in [0.29, 0.717) is 0 Å². The summed E-state index contributed by atoms with van der Waals surface area (Å²) in [6.07, 6.45) is 0. The van der Waals surface area contributed by atoms with Crippen LogP contribution in [0.3, 0.4) is 0 Å². The third kappa shape index (κ3) is 3.70. The quantitative estimate of drug-likeness (QED) is 0.738. The first-order valence-corrected chi connectivity index (χ1v) is 5.80. The Kier molecular flexibility index (Phi) is 5.06. The fourth-order valence-electron chi connectivity index (χ4n) is 1.72. The molecule has 16 heavy (non-hydrogen) atoms. The van der Waals surface area contributed by atoms with E-state index in [1.165, 1.54) is 16.8 Å². The van der Waals surface area contributed by atoms with Gasteiger partial charge in [-0.15, -0.1) is 0 Å². The van der Waals surface area contributed by atoms with Crippen molar-refractivity contribution in [2.75, 3.05) is 31.6 Å². The summed E-state index contributed by atoms with van der Waals surface area (Å²) >= 11 is 0. The summed E-state index contributed by atoms with van der Waals surface area (Å²) in [5.41, 5.74) is 3.78. The number of likely N-dealkylation sites (N-methyl/N-ethyl adjacent to an activating group) is 2. The number of nitrogens with one attached hydrogen (secondary N) is 1. The van der Waals surface area contributed by atoms with Gasteiger partial charge in [-0.2, -0.15) is 0 Å². The van der Waals surface area contributed by atoms with Gasteiger partial charge in [-0.05, 0) is 38.6 Å². The van der Waals surface area contributed by atoms with Gasteiger partial charge in [0, 0.05) is 25.3 Å². The Morgan fingerprint density at radius 1 is 1.31 bits per heavy atom. The highest BCUT2D eigenvalue weighted by molar-refractivity contribution is 5.48. The van der Waals surface area contributed by atoms with Crippen molar-refractivity contribution in [2.24, 2.45) is 0 Å². The van der Waals surface area contributed by atoms with Gasteiger partial charge in [0.2, 0.25) is 0 Å². The van der Waals surface area contributed by atoms with E-state index in [1.807, 2.05) is 7.05 Å². The molecule has 1 rings (SSSR count). The van der Waals surface area contributed by atoms with Crippen molar-refractivity contribution in [3.63, 3.8) is 0 Å². The highest BCUT2D eigenvalue weighted by atomic mass is 15.1. The Bertz CT molecular complexity index is 327. The Labute approximate surface area is 99.0 Å². The molecule has 0 bridgehead atoms. The molecule has 0 atom stereocenters. The summed E-state index contributed by atoms with van der Waals surface area (Å²) in [5, 5.41) is 3.13. The molecule has 0 radical (unpaired) electrons. The van der Waals surface area contributed by atoms with Crippen LogP contribution >= 0.6 is 0 Å². The van der Waals surface area contributed by atoms with Gasteiger partial charge >= 0.3 is 0 Å². The van der Waals surface area contributed by atoms with Crippen LogP contribution in [-0.2, 0) is 0 Å². The molecule has 0 spiro atoms. The smallest absolute Gasteiger partial charge is 0.0398 e. The van der Waals surface area contributed by atoms with Gasteiger partial charge in [-0.1, -0.05) is 24.3 Å². The molecule has 1 N–H and O–H groups in total. The fourth-order valence-corrected chi connectivity index (χ4v) is 1.72. The van der Waals surface area contributed by atoms with Gasteiger partial charge in [0.25, 0.3) is 0 Å². The van der Waals surface area contributed by atoms with E-state index in [-0.39, 0.29) is 0 Å². The largest absolute Gasteiger partial charge is 0.368 e. The van der Waals surface area contributed by atoms with Gasteiger partial charge in [-0.3, -0.25) is 0 Å². The fraction of sp³-hybridized carbons (Fsp3) is 0.429. The zero-order valence-corrected chi connectivity index (χ0v) is 10.6. The molecule has 0 aromatic heterocycles. The van der Waals surface area contributed by atoms with Crippen LogP contribution in [0.5, 0.6) is 0 Å². The van der Waals surface area contributed by atoms with Crippen LogP contribution in [0.1, 0.15) is 12.5 Å². The average molecular weight is 218 g/mol. The van der Waals surface area contributed by atoms with Gasteiger partial charge in [0.15, 0.2) is 0 Å². The third-order valence-electron chi connectivity index (χ3n) is 2.62. The first-order chi connectivity index (χ1) is 7.67. The summed E-state index contributed by atoms with van der Waals surface area (Å²) in [6, 6.07) is 8.65.